The van der Waals surface area contributed by atoms with Crippen molar-refractivity contribution in [2.24, 2.45) is 5.92 Å². The number of hydrogen-bond acceptors (Lipinski definition) is 5. The zero-order chi connectivity index (χ0) is 20.5. The monoisotopic (exact) mass is 396 g/mol. The van der Waals surface area contributed by atoms with E-state index >= 15 is 0 Å². The molecule has 3 atom stereocenters. The maximum absolute atomic E-state index is 13.0. The highest BCUT2D eigenvalue weighted by Gasteiger charge is 2.51. The summed E-state index contributed by atoms with van der Waals surface area (Å²) in [6.45, 7) is 2.36. The summed E-state index contributed by atoms with van der Waals surface area (Å²) in [5.41, 5.74) is 1.74. The number of hydrogen-bond donors (Lipinski definition) is 0. The molecule has 29 heavy (non-hydrogen) atoms. The van der Waals surface area contributed by atoms with E-state index in [2.05, 4.69) is 5.10 Å². The molecule has 0 saturated carbocycles. The molecule has 1 aromatic heterocycles. The molecule has 4 rings (SSSR count). The zero-order valence-corrected chi connectivity index (χ0v) is 16.5. The summed E-state index contributed by atoms with van der Waals surface area (Å²) in [5, 5.41) is 4.24. The van der Waals surface area contributed by atoms with E-state index in [1.807, 2.05) is 43.3 Å². The van der Waals surface area contributed by atoms with E-state index in [9.17, 15) is 14.4 Å². The Morgan fingerprint density at radius 1 is 1.21 bits per heavy atom. The normalized spacial score (nSPS) is 23.8. The Morgan fingerprint density at radius 3 is 2.62 bits per heavy atom. The van der Waals surface area contributed by atoms with Gasteiger partial charge in [0.15, 0.2) is 0 Å². The highest BCUT2D eigenvalue weighted by molar-refractivity contribution is 5.88. The van der Waals surface area contributed by atoms with Gasteiger partial charge >= 0.3 is 5.97 Å². The number of piperazine rings is 1. The number of ether oxygens (including phenoxy) is 1. The highest BCUT2D eigenvalue weighted by atomic mass is 16.5. The topological polar surface area (TPSA) is 84.7 Å². The van der Waals surface area contributed by atoms with E-state index in [4.69, 9.17) is 4.74 Å². The molecule has 0 aliphatic carbocycles. The highest BCUT2D eigenvalue weighted by Crippen LogP contribution is 2.43. The van der Waals surface area contributed by atoms with Gasteiger partial charge in [-0.1, -0.05) is 30.3 Å². The first-order valence-corrected chi connectivity index (χ1v) is 9.69. The first kappa shape index (κ1) is 19.2. The lowest BCUT2D eigenvalue weighted by Gasteiger charge is -2.40. The number of aromatic nitrogens is 2. The smallest absolute Gasteiger partial charge is 0.311 e. The predicted molar refractivity (Wildman–Crippen MR) is 103 cm³/mol. The molecule has 8 heteroatoms. The molecule has 2 amide bonds. The summed E-state index contributed by atoms with van der Waals surface area (Å²) >= 11 is 0. The molecule has 0 spiro atoms. The van der Waals surface area contributed by atoms with Gasteiger partial charge in [0.2, 0.25) is 11.8 Å². The predicted octanol–water partition coefficient (Wildman–Crippen LogP) is 1.17. The van der Waals surface area contributed by atoms with Gasteiger partial charge < -0.3 is 14.5 Å². The minimum absolute atomic E-state index is 0.00676. The van der Waals surface area contributed by atoms with Crippen molar-refractivity contribution in [1.29, 1.82) is 0 Å². The standard InChI is InChI=1S/C21H24N4O4/c1-14-8-9-24(22-14)13-18(26)23-11-16-10-17(21(28)29-2)20(25(16)19(27)12-23)15-6-4-3-5-7-15/h3-9,16-17,20H,10-13H2,1-2H3/t16-,17-,20-/m0/s1. The van der Waals surface area contributed by atoms with Crippen molar-refractivity contribution in [2.45, 2.75) is 32.0 Å². The maximum atomic E-state index is 13.0. The second-order valence-electron chi connectivity index (χ2n) is 7.60. The van der Waals surface area contributed by atoms with Gasteiger partial charge in [-0.3, -0.25) is 19.1 Å². The minimum Gasteiger partial charge on any atom is -0.469 e. The van der Waals surface area contributed by atoms with Crippen LogP contribution in [0.15, 0.2) is 42.6 Å². The fourth-order valence-corrected chi connectivity index (χ4v) is 4.44. The molecule has 2 aliphatic heterocycles. The summed E-state index contributed by atoms with van der Waals surface area (Å²) in [5.74, 6) is -1.07. The van der Waals surface area contributed by atoms with E-state index in [1.54, 1.807) is 20.7 Å². The van der Waals surface area contributed by atoms with Crippen LogP contribution in [0.5, 0.6) is 0 Å². The van der Waals surface area contributed by atoms with Crippen LogP contribution in [0.25, 0.3) is 0 Å². The fourth-order valence-electron chi connectivity index (χ4n) is 4.44. The average Bonchev–Trinajstić information content (AvgIpc) is 3.31. The number of nitrogens with zero attached hydrogens (tertiary/aromatic N) is 4. The molecule has 2 fully saturated rings. The molecule has 1 aromatic carbocycles. The van der Waals surface area contributed by atoms with Gasteiger partial charge in [0.1, 0.15) is 6.54 Å². The molecular formula is C21H24N4O4. The van der Waals surface area contributed by atoms with Gasteiger partial charge in [0, 0.05) is 12.7 Å². The molecule has 152 valence electrons. The number of rotatable bonds is 4. The minimum atomic E-state index is -0.444. The Hall–Kier alpha value is -3.16. The average molecular weight is 396 g/mol. The molecule has 3 heterocycles. The summed E-state index contributed by atoms with van der Waals surface area (Å²) in [4.78, 5) is 41.6. The first-order chi connectivity index (χ1) is 14.0. The van der Waals surface area contributed by atoms with E-state index in [0.29, 0.717) is 13.0 Å². The van der Waals surface area contributed by atoms with Crippen molar-refractivity contribution < 1.29 is 19.1 Å². The second kappa shape index (κ2) is 7.69. The Labute approximate surface area is 169 Å². The van der Waals surface area contributed by atoms with Crippen molar-refractivity contribution in [2.75, 3.05) is 20.2 Å². The third-order valence-corrected chi connectivity index (χ3v) is 5.71. The Balaban J connectivity index is 1.56. The van der Waals surface area contributed by atoms with Crippen molar-refractivity contribution in [3.63, 3.8) is 0 Å². The zero-order valence-electron chi connectivity index (χ0n) is 16.5. The van der Waals surface area contributed by atoms with E-state index in [0.717, 1.165) is 11.3 Å². The first-order valence-electron chi connectivity index (χ1n) is 9.69. The lowest BCUT2D eigenvalue weighted by Crippen LogP contribution is -2.56. The van der Waals surface area contributed by atoms with Crippen molar-refractivity contribution in [1.82, 2.24) is 19.6 Å². The molecule has 8 nitrogen and oxygen atoms in total. The Bertz CT molecular complexity index is 926. The largest absolute Gasteiger partial charge is 0.469 e. The van der Waals surface area contributed by atoms with Crippen LogP contribution in [0.3, 0.4) is 0 Å². The van der Waals surface area contributed by atoms with Crippen LogP contribution in [0.1, 0.15) is 23.7 Å². The third kappa shape index (κ3) is 3.62. The van der Waals surface area contributed by atoms with Gasteiger partial charge in [-0.15, -0.1) is 0 Å². The number of esters is 1. The number of aryl methyl sites for hydroxylation is 1. The van der Waals surface area contributed by atoms with Crippen LogP contribution in [-0.4, -0.2) is 63.6 Å². The Morgan fingerprint density at radius 2 is 1.97 bits per heavy atom. The molecule has 2 aliphatic rings. The van der Waals surface area contributed by atoms with Crippen LogP contribution >= 0.6 is 0 Å². The van der Waals surface area contributed by atoms with Crippen LogP contribution in [0.2, 0.25) is 0 Å². The van der Waals surface area contributed by atoms with E-state index in [1.165, 1.54) is 7.11 Å². The van der Waals surface area contributed by atoms with E-state index in [-0.39, 0.29) is 43.0 Å². The van der Waals surface area contributed by atoms with Gasteiger partial charge in [-0.25, -0.2) is 0 Å². The summed E-state index contributed by atoms with van der Waals surface area (Å²) in [6.07, 6.45) is 2.22. The van der Waals surface area contributed by atoms with E-state index < -0.39 is 5.92 Å². The Kier molecular flexibility index (Phi) is 5.08. The molecule has 0 radical (unpaired) electrons. The number of amides is 2. The number of carbonyl (C=O) groups excluding carboxylic acids is 3. The van der Waals surface area contributed by atoms with Gasteiger partial charge in [-0.05, 0) is 25.0 Å². The van der Waals surface area contributed by atoms with Crippen LogP contribution in [0, 0.1) is 12.8 Å². The van der Waals surface area contributed by atoms with Gasteiger partial charge in [0.05, 0.1) is 37.4 Å². The number of fused-ring (bicyclic) bond motifs is 1. The number of carbonyl (C=O) groups is 3. The maximum Gasteiger partial charge on any atom is 0.311 e. The van der Waals surface area contributed by atoms with Gasteiger partial charge in [-0.2, -0.15) is 5.10 Å². The molecule has 0 unspecified atom stereocenters. The molecule has 2 saturated heterocycles. The van der Waals surface area contributed by atoms with Crippen LogP contribution in [0.4, 0.5) is 0 Å². The lowest BCUT2D eigenvalue weighted by molar-refractivity contribution is -0.151. The number of methoxy groups -OCH3 is 1. The fraction of sp³-hybridized carbons (Fsp3) is 0.429. The van der Waals surface area contributed by atoms with Crippen molar-refractivity contribution >= 4 is 17.8 Å². The second-order valence-corrected chi connectivity index (χ2v) is 7.60. The molecule has 0 N–H and O–H groups in total. The quantitative estimate of drug-likeness (QED) is 0.725. The van der Waals surface area contributed by atoms with Crippen molar-refractivity contribution in [3.05, 3.63) is 53.9 Å². The summed E-state index contributed by atoms with van der Waals surface area (Å²) < 4.78 is 6.59. The summed E-state index contributed by atoms with van der Waals surface area (Å²) in [6, 6.07) is 10.8. The SMILES string of the molecule is COC(=O)[C@H]1C[C@H]2CN(C(=O)Cn3ccc(C)n3)CC(=O)N2[C@H]1c1ccccc1. The molecule has 2 aromatic rings. The van der Waals surface area contributed by atoms with Crippen molar-refractivity contribution in [3.8, 4) is 0 Å². The lowest BCUT2D eigenvalue weighted by atomic mass is 9.93. The van der Waals surface area contributed by atoms with Gasteiger partial charge in [0.25, 0.3) is 0 Å². The van der Waals surface area contributed by atoms with Crippen LogP contribution < -0.4 is 0 Å². The summed E-state index contributed by atoms with van der Waals surface area (Å²) in [7, 11) is 1.37. The third-order valence-electron chi connectivity index (χ3n) is 5.71. The molecule has 0 bridgehead atoms. The number of benzene rings is 1. The molecular weight excluding hydrogens is 372 g/mol. The van der Waals surface area contributed by atoms with Crippen LogP contribution in [-0.2, 0) is 25.7 Å².